The van der Waals surface area contributed by atoms with Crippen LogP contribution >= 0.6 is 11.6 Å². The van der Waals surface area contributed by atoms with Crippen LogP contribution in [-0.2, 0) is 4.79 Å². The summed E-state index contributed by atoms with van der Waals surface area (Å²) < 4.78 is 1.73. The van der Waals surface area contributed by atoms with E-state index in [1.54, 1.807) is 10.9 Å². The minimum Gasteiger partial charge on any atom is -0.358 e. The molecule has 2 N–H and O–H groups in total. The number of anilines is 2. The maximum atomic E-state index is 13.3. The second-order valence-corrected chi connectivity index (χ2v) is 10.0. The molecule has 7 heteroatoms. The van der Waals surface area contributed by atoms with E-state index in [1.807, 2.05) is 55.5 Å². The topological polar surface area (TPSA) is 76.0 Å². The first-order valence-corrected chi connectivity index (χ1v) is 11.3. The van der Waals surface area contributed by atoms with Crippen molar-refractivity contribution in [3.8, 4) is 0 Å². The van der Waals surface area contributed by atoms with Crippen LogP contribution in [0.2, 0.25) is 5.02 Å². The number of hydrogen-bond donors (Lipinski definition) is 2. The van der Waals surface area contributed by atoms with Crippen LogP contribution in [-0.4, -0.2) is 21.5 Å². The van der Waals surface area contributed by atoms with Gasteiger partial charge >= 0.3 is 0 Å². The molecule has 0 saturated heterocycles. The van der Waals surface area contributed by atoms with Crippen molar-refractivity contribution in [2.75, 3.05) is 10.6 Å². The second kappa shape index (κ2) is 7.89. The highest BCUT2D eigenvalue weighted by atomic mass is 35.5. The fourth-order valence-corrected chi connectivity index (χ4v) is 4.75. The summed E-state index contributed by atoms with van der Waals surface area (Å²) in [5, 5.41) is 11.5. The first-order chi connectivity index (χ1) is 15.7. The molecule has 2 aliphatic rings. The number of benzene rings is 2. The van der Waals surface area contributed by atoms with Gasteiger partial charge in [-0.1, -0.05) is 55.3 Å². The summed E-state index contributed by atoms with van der Waals surface area (Å²) in [6.45, 7) is 6.17. The number of allylic oxidation sites excluding steroid dienone is 1. The maximum Gasteiger partial charge on any atom is 0.261 e. The monoisotopic (exact) mass is 460 g/mol. The largest absolute Gasteiger partial charge is 0.358 e. The standard InChI is InChI=1S/C26H25ClN4O2/c1-15-4-10-18(11-5-15)29-25(33)19-14-28-31-20-12-26(2,3)13-21(32)22(20)23(30-24(19)31)16-6-8-17(27)9-7-16/h4-11,14,23,30H,12-13H2,1-3H3,(H,29,33)/t23-/m0/s1. The number of halogens is 1. The molecule has 1 atom stereocenters. The molecule has 0 bridgehead atoms. The highest BCUT2D eigenvalue weighted by molar-refractivity contribution is 6.30. The summed E-state index contributed by atoms with van der Waals surface area (Å²) >= 11 is 6.10. The molecular weight excluding hydrogens is 436 g/mol. The molecule has 6 nitrogen and oxygen atoms in total. The second-order valence-electron chi connectivity index (χ2n) is 9.57. The number of amides is 1. The molecule has 1 aromatic heterocycles. The van der Waals surface area contributed by atoms with E-state index in [1.165, 1.54) is 0 Å². The van der Waals surface area contributed by atoms with Crippen LogP contribution < -0.4 is 10.6 Å². The van der Waals surface area contributed by atoms with Gasteiger partial charge in [0.25, 0.3) is 5.91 Å². The minimum absolute atomic E-state index is 0.0977. The Bertz CT molecular complexity index is 1290. The highest BCUT2D eigenvalue weighted by Crippen LogP contribution is 2.47. The Balaban J connectivity index is 1.58. The Labute approximate surface area is 197 Å². The third-order valence-corrected chi connectivity index (χ3v) is 6.50. The van der Waals surface area contributed by atoms with Crippen LogP contribution in [0.25, 0.3) is 5.70 Å². The number of fused-ring (bicyclic) bond motifs is 2. The zero-order chi connectivity index (χ0) is 23.3. The van der Waals surface area contributed by atoms with E-state index >= 15 is 0 Å². The van der Waals surface area contributed by atoms with Crippen LogP contribution in [0.3, 0.4) is 0 Å². The van der Waals surface area contributed by atoms with Crippen LogP contribution in [0.4, 0.5) is 11.5 Å². The number of nitrogens with one attached hydrogen (secondary N) is 2. The van der Waals surface area contributed by atoms with Crippen LogP contribution in [0.15, 0.2) is 60.3 Å². The third-order valence-electron chi connectivity index (χ3n) is 6.25. The number of aromatic nitrogens is 2. The molecule has 3 aromatic rings. The van der Waals surface area contributed by atoms with Gasteiger partial charge in [0.1, 0.15) is 11.4 Å². The summed E-state index contributed by atoms with van der Waals surface area (Å²) in [5.74, 6) is 0.428. The van der Waals surface area contributed by atoms with E-state index < -0.39 is 0 Å². The van der Waals surface area contributed by atoms with E-state index in [0.717, 1.165) is 16.8 Å². The van der Waals surface area contributed by atoms with Gasteiger partial charge in [-0.25, -0.2) is 4.68 Å². The SMILES string of the molecule is Cc1ccc(NC(=O)c2cnn3c2N[C@@H](c2ccc(Cl)cc2)C2=C3CC(C)(C)CC2=O)cc1. The predicted molar refractivity (Wildman–Crippen MR) is 130 cm³/mol. The van der Waals surface area contributed by atoms with Gasteiger partial charge in [0.2, 0.25) is 0 Å². The van der Waals surface area contributed by atoms with Crippen molar-refractivity contribution >= 4 is 40.5 Å². The van der Waals surface area contributed by atoms with Crippen LogP contribution in [0, 0.1) is 12.3 Å². The normalized spacial score (nSPS) is 18.9. The van der Waals surface area contributed by atoms with Gasteiger partial charge in [0, 0.05) is 22.7 Å². The molecule has 0 spiro atoms. The molecule has 168 valence electrons. The molecule has 2 heterocycles. The van der Waals surface area contributed by atoms with Gasteiger partial charge in [-0.2, -0.15) is 5.10 Å². The van der Waals surface area contributed by atoms with Crippen molar-refractivity contribution in [2.45, 2.75) is 39.7 Å². The van der Waals surface area contributed by atoms with Crippen molar-refractivity contribution in [3.63, 3.8) is 0 Å². The van der Waals surface area contributed by atoms with Crippen molar-refractivity contribution < 1.29 is 9.59 Å². The lowest BCUT2D eigenvalue weighted by molar-refractivity contribution is -0.118. The highest BCUT2D eigenvalue weighted by Gasteiger charge is 2.42. The number of carbonyl (C=O) groups excluding carboxylic acids is 2. The Hall–Kier alpha value is -3.38. The van der Waals surface area contributed by atoms with Gasteiger partial charge in [0.05, 0.1) is 17.9 Å². The number of nitrogens with zero attached hydrogens (tertiary/aromatic N) is 2. The number of aryl methyl sites for hydroxylation is 1. The summed E-state index contributed by atoms with van der Waals surface area (Å²) in [6, 6.07) is 14.7. The average molecular weight is 461 g/mol. The summed E-state index contributed by atoms with van der Waals surface area (Å²) in [7, 11) is 0. The smallest absolute Gasteiger partial charge is 0.261 e. The molecule has 1 aliphatic heterocycles. The first-order valence-electron chi connectivity index (χ1n) is 11.0. The van der Waals surface area contributed by atoms with E-state index in [4.69, 9.17) is 11.6 Å². The van der Waals surface area contributed by atoms with E-state index in [2.05, 4.69) is 29.6 Å². The van der Waals surface area contributed by atoms with Crippen molar-refractivity contribution in [1.29, 1.82) is 0 Å². The Morgan fingerprint density at radius 2 is 1.82 bits per heavy atom. The molecule has 0 unspecified atom stereocenters. The lowest BCUT2D eigenvalue weighted by atomic mass is 9.73. The number of ketones is 1. The fraction of sp³-hybridized carbons (Fsp3) is 0.269. The molecule has 0 radical (unpaired) electrons. The van der Waals surface area contributed by atoms with Gasteiger partial charge in [-0.15, -0.1) is 0 Å². The maximum absolute atomic E-state index is 13.3. The van der Waals surface area contributed by atoms with Gasteiger partial charge < -0.3 is 10.6 Å². The van der Waals surface area contributed by atoms with E-state index in [-0.39, 0.29) is 23.1 Å². The lowest BCUT2D eigenvalue weighted by Gasteiger charge is -2.39. The van der Waals surface area contributed by atoms with E-state index in [0.29, 0.717) is 40.5 Å². The summed E-state index contributed by atoms with van der Waals surface area (Å²) in [5.41, 5.74) is 4.54. The molecular formula is C26H25ClN4O2. The van der Waals surface area contributed by atoms with Gasteiger partial charge in [-0.3, -0.25) is 9.59 Å². The summed E-state index contributed by atoms with van der Waals surface area (Å²) in [4.78, 5) is 26.4. The third kappa shape index (κ3) is 3.95. The predicted octanol–water partition coefficient (Wildman–Crippen LogP) is 5.86. The van der Waals surface area contributed by atoms with Crippen molar-refractivity contribution in [1.82, 2.24) is 9.78 Å². The first kappa shape index (κ1) is 21.5. The molecule has 0 saturated carbocycles. The molecule has 33 heavy (non-hydrogen) atoms. The molecule has 5 rings (SSSR count). The van der Waals surface area contributed by atoms with Crippen molar-refractivity contribution in [2.24, 2.45) is 5.41 Å². The van der Waals surface area contributed by atoms with E-state index in [9.17, 15) is 9.59 Å². The number of carbonyl (C=O) groups is 2. The zero-order valence-corrected chi connectivity index (χ0v) is 19.5. The van der Waals surface area contributed by atoms with Crippen molar-refractivity contribution in [3.05, 3.63) is 82.0 Å². The van der Waals surface area contributed by atoms with Gasteiger partial charge in [0.15, 0.2) is 5.78 Å². The Kier molecular flexibility index (Phi) is 5.13. The zero-order valence-electron chi connectivity index (χ0n) is 18.8. The Morgan fingerprint density at radius 3 is 2.52 bits per heavy atom. The quantitative estimate of drug-likeness (QED) is 0.513. The molecule has 2 aromatic carbocycles. The number of hydrogen-bond acceptors (Lipinski definition) is 4. The number of rotatable bonds is 3. The van der Waals surface area contributed by atoms with Gasteiger partial charge in [-0.05, 0) is 48.6 Å². The fourth-order valence-electron chi connectivity index (χ4n) is 4.63. The molecule has 0 fully saturated rings. The Morgan fingerprint density at radius 1 is 1.12 bits per heavy atom. The molecule has 1 aliphatic carbocycles. The summed E-state index contributed by atoms with van der Waals surface area (Å²) in [6.07, 6.45) is 2.72. The average Bonchev–Trinajstić information content (AvgIpc) is 3.19. The number of Topliss-reactive ketones (excluding diaryl/α,β-unsaturated/α-hetero) is 1. The van der Waals surface area contributed by atoms with Crippen LogP contribution in [0.5, 0.6) is 0 Å². The van der Waals surface area contributed by atoms with Crippen LogP contribution in [0.1, 0.15) is 54.2 Å². The molecule has 1 amide bonds. The minimum atomic E-state index is -0.379. The lowest BCUT2D eigenvalue weighted by Crippen LogP contribution is -2.36.